The number of quaternary nitrogens is 1. The largest absolute Gasteiger partial charge is 0.511 e. The molecule has 3 N–H and O–H groups in total. The van der Waals surface area contributed by atoms with Gasteiger partial charge in [0, 0.05) is 0 Å². The molecule has 0 aromatic carbocycles. The van der Waals surface area contributed by atoms with Gasteiger partial charge < -0.3 is 4.74 Å². The molecule has 0 aliphatic heterocycles. The molecule has 0 fully saturated rings. The summed E-state index contributed by atoms with van der Waals surface area (Å²) < 4.78 is 4.65. The van der Waals surface area contributed by atoms with E-state index < -0.39 is 6.09 Å². The average molecular weight is 118 g/mol. The fraction of sp³-hybridized carbons (Fsp3) is 0.800. The van der Waals surface area contributed by atoms with Crippen molar-refractivity contribution in [2.75, 3.05) is 0 Å². The van der Waals surface area contributed by atoms with E-state index in [1.54, 1.807) is 0 Å². The van der Waals surface area contributed by atoms with Gasteiger partial charge in [0.25, 0.3) is 0 Å². The van der Waals surface area contributed by atoms with Crippen molar-refractivity contribution in [2.45, 2.75) is 26.4 Å². The van der Waals surface area contributed by atoms with E-state index in [1.165, 1.54) is 0 Å². The quantitative estimate of drug-likeness (QED) is 0.561. The molecule has 3 nitrogen and oxygen atoms in total. The zero-order valence-corrected chi connectivity index (χ0v) is 5.31. The van der Waals surface area contributed by atoms with Crippen LogP contribution in [-0.2, 0) is 4.74 Å². The Morgan fingerprint density at radius 2 is 2.38 bits per heavy atom. The fourth-order valence-electron chi connectivity index (χ4n) is 0.308. The molecule has 0 saturated heterocycles. The molecule has 0 aromatic rings. The first-order valence-electron chi connectivity index (χ1n) is 2.69. The summed E-state index contributed by atoms with van der Waals surface area (Å²) in [6.07, 6.45) is 0.417. The van der Waals surface area contributed by atoms with E-state index in [4.69, 9.17) is 0 Å². The Hall–Kier alpha value is -0.570. The highest BCUT2D eigenvalue weighted by atomic mass is 16.6. The highest BCUT2D eigenvalue weighted by molar-refractivity contribution is 5.54. The van der Waals surface area contributed by atoms with Crippen molar-refractivity contribution in [1.29, 1.82) is 0 Å². The Morgan fingerprint density at radius 3 is 2.50 bits per heavy atom. The van der Waals surface area contributed by atoms with Gasteiger partial charge in [0.05, 0.1) is 0 Å². The zero-order chi connectivity index (χ0) is 6.57. The second-order valence-electron chi connectivity index (χ2n) is 1.71. The molecule has 0 radical (unpaired) electrons. The molecular weight excluding hydrogens is 106 g/mol. The van der Waals surface area contributed by atoms with Gasteiger partial charge >= 0.3 is 6.09 Å². The third kappa shape index (κ3) is 3.61. The van der Waals surface area contributed by atoms with E-state index in [9.17, 15) is 4.79 Å². The predicted octanol–water partition coefficient (Wildman–Crippen LogP) is 0.163. The van der Waals surface area contributed by atoms with Crippen molar-refractivity contribution < 1.29 is 15.3 Å². The molecule has 3 heteroatoms. The number of carbonyl (C=O) groups excluding carboxylic acids is 1. The molecule has 0 aliphatic rings. The maximum atomic E-state index is 10.1. The van der Waals surface area contributed by atoms with Crippen LogP contribution in [0.15, 0.2) is 0 Å². The van der Waals surface area contributed by atoms with Crippen molar-refractivity contribution in [1.82, 2.24) is 0 Å². The normalized spacial score (nSPS) is 12.9. The van der Waals surface area contributed by atoms with Crippen molar-refractivity contribution in [2.24, 2.45) is 0 Å². The minimum absolute atomic E-state index is 0.0139. The number of ether oxygens (including phenoxy) is 1. The van der Waals surface area contributed by atoms with Crippen molar-refractivity contribution in [3.63, 3.8) is 0 Å². The minimum atomic E-state index is -0.445. The van der Waals surface area contributed by atoms with Gasteiger partial charge in [-0.25, -0.2) is 0 Å². The van der Waals surface area contributed by atoms with Gasteiger partial charge in [-0.1, -0.05) is 6.92 Å². The average Bonchev–Trinajstić information content (AvgIpc) is 1.65. The third-order valence-corrected chi connectivity index (χ3v) is 0.908. The number of hydrogen-bond acceptors (Lipinski definition) is 2. The molecule has 1 unspecified atom stereocenters. The van der Waals surface area contributed by atoms with Gasteiger partial charge in [0.2, 0.25) is 0 Å². The van der Waals surface area contributed by atoms with E-state index >= 15 is 0 Å². The van der Waals surface area contributed by atoms with Gasteiger partial charge in [0.1, 0.15) is 6.10 Å². The molecule has 8 heavy (non-hydrogen) atoms. The lowest BCUT2D eigenvalue weighted by molar-refractivity contribution is -0.286. The van der Waals surface area contributed by atoms with Crippen LogP contribution < -0.4 is 5.73 Å². The van der Waals surface area contributed by atoms with Crippen LogP contribution in [-0.4, -0.2) is 12.2 Å². The Morgan fingerprint density at radius 1 is 1.88 bits per heavy atom. The standard InChI is InChI=1S/C5H11NO2/c1-3-4(2)8-5(6)7/h4H,3H2,1-2H3,(H2,6,7)/p+1. The molecule has 0 heterocycles. The second-order valence-corrected chi connectivity index (χ2v) is 1.71. The van der Waals surface area contributed by atoms with Gasteiger partial charge in [-0.15, -0.1) is 0 Å². The van der Waals surface area contributed by atoms with E-state index in [1.807, 2.05) is 13.8 Å². The topological polar surface area (TPSA) is 53.9 Å². The SMILES string of the molecule is CCC(C)OC([NH3+])=O. The number of amides is 1. The summed E-state index contributed by atoms with van der Waals surface area (Å²) in [5.41, 5.74) is 3.07. The Bertz CT molecular complexity index is 82.5. The van der Waals surface area contributed by atoms with E-state index in [-0.39, 0.29) is 6.10 Å². The Balaban J connectivity index is 3.24. The number of hydrogen-bond donors (Lipinski definition) is 1. The smallest absolute Gasteiger partial charge is 0.417 e. The lowest BCUT2D eigenvalue weighted by Crippen LogP contribution is -2.57. The van der Waals surface area contributed by atoms with Crippen LogP contribution in [0.3, 0.4) is 0 Å². The molecule has 0 spiro atoms. The summed E-state index contributed by atoms with van der Waals surface area (Å²) in [4.78, 5) is 10.1. The third-order valence-electron chi connectivity index (χ3n) is 0.908. The van der Waals surface area contributed by atoms with Crippen LogP contribution in [0, 0.1) is 0 Å². The summed E-state index contributed by atoms with van der Waals surface area (Å²) >= 11 is 0. The van der Waals surface area contributed by atoms with Crippen LogP contribution in [0.5, 0.6) is 0 Å². The van der Waals surface area contributed by atoms with Gasteiger partial charge in [-0.2, -0.15) is 4.79 Å². The molecule has 0 rings (SSSR count). The molecule has 0 aliphatic carbocycles. The molecule has 0 bridgehead atoms. The maximum Gasteiger partial charge on any atom is 0.511 e. The van der Waals surface area contributed by atoms with Gasteiger partial charge in [0.15, 0.2) is 0 Å². The summed E-state index contributed by atoms with van der Waals surface area (Å²) in [6, 6.07) is 0. The maximum absolute atomic E-state index is 10.1. The summed E-state index contributed by atoms with van der Waals surface area (Å²) in [5.74, 6) is 0. The fourth-order valence-corrected chi connectivity index (χ4v) is 0.308. The first-order chi connectivity index (χ1) is 3.66. The highest BCUT2D eigenvalue weighted by Gasteiger charge is 2.03. The first-order valence-corrected chi connectivity index (χ1v) is 2.69. The lowest BCUT2D eigenvalue weighted by atomic mass is 10.3. The van der Waals surface area contributed by atoms with Gasteiger partial charge in [-0.3, -0.25) is 5.73 Å². The number of carbonyl (C=O) groups is 1. The first kappa shape index (κ1) is 7.43. The predicted molar refractivity (Wildman–Crippen MR) is 29.1 cm³/mol. The summed E-state index contributed by atoms with van der Waals surface area (Å²) in [5, 5.41) is 0. The molecular formula is C5H12NO2+. The summed E-state index contributed by atoms with van der Waals surface area (Å²) in [7, 11) is 0. The molecule has 1 amide bonds. The zero-order valence-electron chi connectivity index (χ0n) is 5.31. The van der Waals surface area contributed by atoms with Crippen molar-refractivity contribution >= 4 is 6.09 Å². The van der Waals surface area contributed by atoms with Crippen LogP contribution in [0.4, 0.5) is 4.79 Å². The lowest BCUT2D eigenvalue weighted by Gasteiger charge is -2.03. The van der Waals surface area contributed by atoms with E-state index in [2.05, 4.69) is 10.5 Å². The monoisotopic (exact) mass is 118 g/mol. The molecule has 1 atom stereocenters. The van der Waals surface area contributed by atoms with Crippen molar-refractivity contribution in [3.8, 4) is 0 Å². The van der Waals surface area contributed by atoms with Crippen molar-refractivity contribution in [3.05, 3.63) is 0 Å². The summed E-state index contributed by atoms with van der Waals surface area (Å²) in [6.45, 7) is 3.79. The molecule has 0 aromatic heterocycles. The van der Waals surface area contributed by atoms with E-state index in [0.717, 1.165) is 6.42 Å². The molecule has 48 valence electrons. The number of rotatable bonds is 2. The van der Waals surface area contributed by atoms with Gasteiger partial charge in [-0.05, 0) is 13.3 Å². The van der Waals surface area contributed by atoms with Crippen LogP contribution in [0.1, 0.15) is 20.3 Å². The molecule has 0 saturated carbocycles. The Labute approximate surface area is 48.8 Å². The highest BCUT2D eigenvalue weighted by Crippen LogP contribution is 1.92. The minimum Gasteiger partial charge on any atom is -0.417 e. The van der Waals surface area contributed by atoms with Crippen LogP contribution >= 0.6 is 0 Å². The Kier molecular flexibility index (Phi) is 3.19. The second kappa shape index (κ2) is 3.43. The van der Waals surface area contributed by atoms with Crippen LogP contribution in [0.2, 0.25) is 0 Å². The van der Waals surface area contributed by atoms with E-state index in [0.29, 0.717) is 0 Å². The van der Waals surface area contributed by atoms with Crippen LogP contribution in [0.25, 0.3) is 0 Å².